The van der Waals surface area contributed by atoms with Crippen LogP contribution in [0.15, 0.2) is 18.2 Å². The van der Waals surface area contributed by atoms with Gasteiger partial charge in [-0.05, 0) is 31.7 Å². The molecule has 0 saturated carbocycles. The lowest BCUT2D eigenvalue weighted by atomic mass is 9.98. The molecule has 2 aliphatic heterocycles. The molecule has 2 atom stereocenters. The van der Waals surface area contributed by atoms with Gasteiger partial charge in [0.15, 0.2) is 0 Å². The Morgan fingerprint density at radius 1 is 1.32 bits per heavy atom. The van der Waals surface area contributed by atoms with E-state index < -0.39 is 4.92 Å². The van der Waals surface area contributed by atoms with Crippen molar-refractivity contribution in [2.75, 3.05) is 7.05 Å². The first-order chi connectivity index (χ1) is 10.4. The lowest BCUT2D eigenvalue weighted by Crippen LogP contribution is -2.48. The summed E-state index contributed by atoms with van der Waals surface area (Å²) in [6.07, 6.45) is 4.18. The highest BCUT2D eigenvalue weighted by molar-refractivity contribution is 6.31. The second-order valence-electron chi connectivity index (χ2n) is 6.13. The van der Waals surface area contributed by atoms with Crippen LogP contribution in [0.5, 0.6) is 0 Å². The fraction of sp³-hybridized carbons (Fsp3) is 0.533. The molecule has 1 amide bonds. The smallest absolute Gasteiger partial charge is 0.271 e. The molecule has 2 saturated heterocycles. The van der Waals surface area contributed by atoms with Crippen molar-refractivity contribution in [2.24, 2.45) is 0 Å². The molecule has 0 radical (unpaired) electrons. The molecule has 6 nitrogen and oxygen atoms in total. The van der Waals surface area contributed by atoms with Gasteiger partial charge in [-0.2, -0.15) is 0 Å². The quantitative estimate of drug-likeness (QED) is 0.685. The molecule has 2 fully saturated rings. The number of nitrogens with zero attached hydrogens (tertiary/aromatic N) is 2. The van der Waals surface area contributed by atoms with Gasteiger partial charge in [-0.3, -0.25) is 14.9 Å². The molecule has 3 rings (SSSR count). The van der Waals surface area contributed by atoms with Crippen LogP contribution < -0.4 is 5.32 Å². The fourth-order valence-corrected chi connectivity index (χ4v) is 3.75. The number of fused-ring (bicyclic) bond motifs is 2. The minimum absolute atomic E-state index is 0.158. The predicted molar refractivity (Wildman–Crippen MR) is 83.2 cm³/mol. The molecular formula is C15H18ClN3O3. The number of hydrogen-bond donors (Lipinski definition) is 1. The SMILES string of the molecule is CN(C(=O)c1cc(Cl)cc([N+](=O)[O-])c1)C1CC2CCC(C1)N2. The molecule has 0 spiro atoms. The first-order valence-corrected chi connectivity index (χ1v) is 7.80. The molecule has 1 N–H and O–H groups in total. The molecule has 0 aromatic heterocycles. The molecule has 2 unspecified atom stereocenters. The van der Waals surface area contributed by atoms with Crippen LogP contribution in [-0.4, -0.2) is 40.9 Å². The summed E-state index contributed by atoms with van der Waals surface area (Å²) < 4.78 is 0. The van der Waals surface area contributed by atoms with Crippen molar-refractivity contribution in [2.45, 2.75) is 43.8 Å². The summed E-state index contributed by atoms with van der Waals surface area (Å²) in [6, 6.07) is 5.16. The van der Waals surface area contributed by atoms with Crippen LogP contribution in [0.3, 0.4) is 0 Å². The van der Waals surface area contributed by atoms with Crippen LogP contribution in [0, 0.1) is 10.1 Å². The lowest BCUT2D eigenvalue weighted by Gasteiger charge is -2.35. The molecule has 118 valence electrons. The van der Waals surface area contributed by atoms with E-state index in [0.717, 1.165) is 25.7 Å². The van der Waals surface area contributed by atoms with E-state index in [1.165, 1.54) is 18.2 Å². The van der Waals surface area contributed by atoms with E-state index >= 15 is 0 Å². The van der Waals surface area contributed by atoms with Crippen LogP contribution in [0.25, 0.3) is 0 Å². The maximum Gasteiger partial charge on any atom is 0.271 e. The van der Waals surface area contributed by atoms with Crippen molar-refractivity contribution >= 4 is 23.2 Å². The highest BCUT2D eigenvalue weighted by Gasteiger charge is 2.36. The van der Waals surface area contributed by atoms with Crippen molar-refractivity contribution in [1.82, 2.24) is 10.2 Å². The third-order valence-corrected chi connectivity index (χ3v) is 4.87. The zero-order chi connectivity index (χ0) is 15.9. The van der Waals surface area contributed by atoms with Gasteiger partial charge in [-0.1, -0.05) is 11.6 Å². The number of amides is 1. The monoisotopic (exact) mass is 323 g/mol. The van der Waals surface area contributed by atoms with Crippen molar-refractivity contribution in [1.29, 1.82) is 0 Å². The van der Waals surface area contributed by atoms with Crippen molar-refractivity contribution in [3.63, 3.8) is 0 Å². The lowest BCUT2D eigenvalue weighted by molar-refractivity contribution is -0.384. The van der Waals surface area contributed by atoms with Gasteiger partial charge in [0.05, 0.1) is 4.92 Å². The van der Waals surface area contributed by atoms with Crippen LogP contribution in [0.1, 0.15) is 36.0 Å². The molecule has 2 bridgehead atoms. The Balaban J connectivity index is 1.79. The summed E-state index contributed by atoms with van der Waals surface area (Å²) >= 11 is 5.90. The van der Waals surface area contributed by atoms with E-state index in [1.807, 2.05) is 0 Å². The van der Waals surface area contributed by atoms with Gasteiger partial charge >= 0.3 is 0 Å². The van der Waals surface area contributed by atoms with Gasteiger partial charge < -0.3 is 10.2 Å². The first-order valence-electron chi connectivity index (χ1n) is 7.42. The maximum atomic E-state index is 12.6. The third kappa shape index (κ3) is 2.94. The molecule has 7 heteroatoms. The average molecular weight is 324 g/mol. The second-order valence-corrected chi connectivity index (χ2v) is 6.57. The highest BCUT2D eigenvalue weighted by Crippen LogP contribution is 2.30. The number of benzene rings is 1. The summed E-state index contributed by atoms with van der Waals surface area (Å²) in [5.74, 6) is -0.211. The summed E-state index contributed by atoms with van der Waals surface area (Å²) in [4.78, 5) is 24.7. The van der Waals surface area contributed by atoms with Crippen molar-refractivity contribution in [3.8, 4) is 0 Å². The molecule has 2 aliphatic rings. The zero-order valence-electron chi connectivity index (χ0n) is 12.3. The largest absolute Gasteiger partial charge is 0.339 e. The predicted octanol–water partition coefficient (Wildman–Crippen LogP) is 2.60. The Hall–Kier alpha value is -1.66. The zero-order valence-corrected chi connectivity index (χ0v) is 13.0. The van der Waals surface area contributed by atoms with E-state index in [9.17, 15) is 14.9 Å². The van der Waals surface area contributed by atoms with Crippen molar-refractivity contribution < 1.29 is 9.72 Å². The molecule has 2 heterocycles. The van der Waals surface area contributed by atoms with E-state index in [-0.39, 0.29) is 28.2 Å². The minimum Gasteiger partial charge on any atom is -0.339 e. The number of non-ortho nitro benzene ring substituents is 1. The Morgan fingerprint density at radius 3 is 2.55 bits per heavy atom. The highest BCUT2D eigenvalue weighted by atomic mass is 35.5. The molecular weight excluding hydrogens is 306 g/mol. The maximum absolute atomic E-state index is 12.6. The van der Waals surface area contributed by atoms with Crippen LogP contribution in [0.2, 0.25) is 5.02 Å². The number of nitro groups is 1. The van der Waals surface area contributed by atoms with E-state index in [4.69, 9.17) is 11.6 Å². The topological polar surface area (TPSA) is 75.5 Å². The number of nitro benzene ring substituents is 1. The average Bonchev–Trinajstić information content (AvgIpc) is 2.83. The normalized spacial score (nSPS) is 26.7. The van der Waals surface area contributed by atoms with Gasteiger partial charge in [-0.25, -0.2) is 0 Å². The van der Waals surface area contributed by atoms with E-state index in [2.05, 4.69) is 5.32 Å². The minimum atomic E-state index is -0.534. The number of carbonyl (C=O) groups is 1. The number of carbonyl (C=O) groups excluding carboxylic acids is 1. The van der Waals surface area contributed by atoms with E-state index in [0.29, 0.717) is 12.1 Å². The van der Waals surface area contributed by atoms with Gasteiger partial charge in [-0.15, -0.1) is 0 Å². The first kappa shape index (κ1) is 15.2. The van der Waals surface area contributed by atoms with Crippen molar-refractivity contribution in [3.05, 3.63) is 38.9 Å². The summed E-state index contributed by atoms with van der Waals surface area (Å²) in [7, 11) is 1.77. The Bertz CT molecular complexity index is 610. The Labute approximate surface area is 133 Å². The number of piperidine rings is 1. The Morgan fingerprint density at radius 2 is 1.95 bits per heavy atom. The van der Waals surface area contributed by atoms with E-state index in [1.54, 1.807) is 11.9 Å². The van der Waals surface area contributed by atoms with Crippen LogP contribution in [0.4, 0.5) is 5.69 Å². The molecule has 0 aliphatic carbocycles. The fourth-order valence-electron chi connectivity index (χ4n) is 3.52. The molecule has 22 heavy (non-hydrogen) atoms. The summed E-state index contributed by atoms with van der Waals surface area (Å²) in [6.45, 7) is 0. The molecule has 1 aromatic rings. The standard InChI is InChI=1S/C15H18ClN3O3/c1-18(13-7-11-2-3-12(8-13)17-11)15(20)9-4-10(16)6-14(5-9)19(21)22/h4-6,11-13,17H,2-3,7-8H2,1H3. The number of hydrogen-bond acceptors (Lipinski definition) is 4. The van der Waals surface area contributed by atoms with Crippen LogP contribution >= 0.6 is 11.6 Å². The van der Waals surface area contributed by atoms with Gasteiger partial charge in [0, 0.05) is 47.9 Å². The molecule has 1 aromatic carbocycles. The number of halogens is 1. The van der Waals surface area contributed by atoms with Crippen LogP contribution in [-0.2, 0) is 0 Å². The summed E-state index contributed by atoms with van der Waals surface area (Å²) in [5.41, 5.74) is 0.113. The van der Waals surface area contributed by atoms with Gasteiger partial charge in [0.2, 0.25) is 0 Å². The second kappa shape index (κ2) is 5.85. The number of nitrogens with one attached hydrogen (secondary N) is 1. The van der Waals surface area contributed by atoms with Gasteiger partial charge in [0.25, 0.3) is 11.6 Å². The number of rotatable bonds is 3. The summed E-state index contributed by atoms with van der Waals surface area (Å²) in [5, 5.41) is 14.7. The van der Waals surface area contributed by atoms with Gasteiger partial charge in [0.1, 0.15) is 0 Å². The third-order valence-electron chi connectivity index (χ3n) is 4.66. The Kier molecular flexibility index (Phi) is 4.06.